The zero-order valence-corrected chi connectivity index (χ0v) is 18.4. The topological polar surface area (TPSA) is 81.8 Å². The van der Waals surface area contributed by atoms with Crippen molar-refractivity contribution in [3.8, 4) is 0 Å². The Morgan fingerprint density at radius 2 is 1.78 bits per heavy atom. The molecule has 2 aliphatic rings. The highest BCUT2D eigenvalue weighted by atomic mass is 16.2. The fraction of sp³-hybridized carbons (Fsp3) is 0.400. The van der Waals surface area contributed by atoms with Crippen LogP contribution in [-0.4, -0.2) is 48.3 Å². The summed E-state index contributed by atoms with van der Waals surface area (Å²) in [6, 6.07) is 17.8. The molecule has 0 aromatic heterocycles. The second-order valence-electron chi connectivity index (χ2n) is 8.68. The molecular weight excluding hydrogens is 404 g/mol. The van der Waals surface area contributed by atoms with E-state index < -0.39 is 0 Å². The third-order valence-electron chi connectivity index (χ3n) is 6.16. The predicted molar refractivity (Wildman–Crippen MR) is 124 cm³/mol. The van der Waals surface area contributed by atoms with Gasteiger partial charge in [0.05, 0.1) is 5.92 Å². The number of carbonyl (C=O) groups is 3. The van der Waals surface area contributed by atoms with Gasteiger partial charge in [-0.05, 0) is 36.6 Å². The molecule has 3 amide bonds. The number of anilines is 2. The molecule has 7 nitrogen and oxygen atoms in total. The average Bonchev–Trinajstić information content (AvgIpc) is 3.17. The molecule has 7 heteroatoms. The highest BCUT2D eigenvalue weighted by Crippen LogP contribution is 2.27. The fourth-order valence-corrected chi connectivity index (χ4v) is 4.48. The van der Waals surface area contributed by atoms with Crippen molar-refractivity contribution in [2.45, 2.75) is 38.8 Å². The van der Waals surface area contributed by atoms with Crippen LogP contribution in [0.15, 0.2) is 54.6 Å². The number of nitrogens with zero attached hydrogens (tertiary/aromatic N) is 2. The van der Waals surface area contributed by atoms with Crippen LogP contribution >= 0.6 is 0 Å². The van der Waals surface area contributed by atoms with Crippen molar-refractivity contribution in [1.82, 2.24) is 10.2 Å². The molecule has 4 rings (SSSR count). The van der Waals surface area contributed by atoms with E-state index in [1.54, 1.807) is 23.1 Å². The van der Waals surface area contributed by atoms with Crippen LogP contribution < -0.4 is 15.5 Å². The molecular formula is C25H30N4O3. The minimum absolute atomic E-state index is 0.0413. The van der Waals surface area contributed by atoms with E-state index in [1.807, 2.05) is 12.1 Å². The average molecular weight is 435 g/mol. The summed E-state index contributed by atoms with van der Waals surface area (Å²) in [4.78, 5) is 40.8. The van der Waals surface area contributed by atoms with Gasteiger partial charge in [-0.1, -0.05) is 36.4 Å². The SMILES string of the molecule is CC(=O)Nc1cccc(N2CC(C(=O)NC3CCN(Cc4ccccc4)CC3)CC2=O)c1. The molecule has 168 valence electrons. The Labute approximate surface area is 188 Å². The largest absolute Gasteiger partial charge is 0.353 e. The van der Waals surface area contributed by atoms with E-state index in [2.05, 4.69) is 39.8 Å². The summed E-state index contributed by atoms with van der Waals surface area (Å²) in [5, 5.41) is 5.90. The van der Waals surface area contributed by atoms with Gasteiger partial charge in [0.1, 0.15) is 0 Å². The monoisotopic (exact) mass is 434 g/mol. The van der Waals surface area contributed by atoms with Crippen LogP contribution in [0.25, 0.3) is 0 Å². The third kappa shape index (κ3) is 5.53. The normalized spacial score (nSPS) is 19.7. The van der Waals surface area contributed by atoms with E-state index in [0.29, 0.717) is 17.9 Å². The number of piperidine rings is 1. The summed E-state index contributed by atoms with van der Waals surface area (Å²) < 4.78 is 0. The molecule has 32 heavy (non-hydrogen) atoms. The standard InChI is InChI=1S/C25H30N4O3/c1-18(30)26-22-8-5-9-23(15-22)29-17-20(14-24(29)31)25(32)27-21-10-12-28(13-11-21)16-19-6-3-2-4-7-19/h2-9,15,20-21H,10-14,16-17H2,1H3,(H,26,30)(H,27,32). The lowest BCUT2D eigenvalue weighted by atomic mass is 10.0. The van der Waals surface area contributed by atoms with Crippen molar-refractivity contribution in [1.29, 1.82) is 0 Å². The van der Waals surface area contributed by atoms with Gasteiger partial charge in [0, 0.05) is 56.9 Å². The Balaban J connectivity index is 1.28. The van der Waals surface area contributed by atoms with E-state index in [1.165, 1.54) is 12.5 Å². The molecule has 2 saturated heterocycles. The molecule has 0 saturated carbocycles. The number of hydrogen-bond acceptors (Lipinski definition) is 4. The number of carbonyl (C=O) groups excluding carboxylic acids is 3. The zero-order valence-electron chi connectivity index (χ0n) is 18.4. The molecule has 2 N–H and O–H groups in total. The van der Waals surface area contributed by atoms with Gasteiger partial charge in [-0.3, -0.25) is 19.3 Å². The van der Waals surface area contributed by atoms with Gasteiger partial charge in [-0.2, -0.15) is 0 Å². The summed E-state index contributed by atoms with van der Waals surface area (Å²) in [5.41, 5.74) is 2.64. The van der Waals surface area contributed by atoms with Crippen LogP contribution in [0.2, 0.25) is 0 Å². The van der Waals surface area contributed by atoms with E-state index in [-0.39, 0.29) is 36.1 Å². The molecule has 2 fully saturated rings. The molecule has 2 heterocycles. The van der Waals surface area contributed by atoms with Crippen LogP contribution in [-0.2, 0) is 20.9 Å². The Morgan fingerprint density at radius 1 is 1.03 bits per heavy atom. The second-order valence-corrected chi connectivity index (χ2v) is 8.68. The van der Waals surface area contributed by atoms with E-state index >= 15 is 0 Å². The maximum absolute atomic E-state index is 12.9. The van der Waals surface area contributed by atoms with Crippen LogP contribution in [0.4, 0.5) is 11.4 Å². The first-order valence-electron chi connectivity index (χ1n) is 11.2. The summed E-state index contributed by atoms with van der Waals surface area (Å²) in [5.74, 6) is -0.626. The first-order chi connectivity index (χ1) is 15.5. The molecule has 2 aromatic rings. The van der Waals surface area contributed by atoms with Gasteiger partial charge >= 0.3 is 0 Å². The first-order valence-corrected chi connectivity index (χ1v) is 11.2. The van der Waals surface area contributed by atoms with E-state index in [0.717, 1.165) is 32.5 Å². The van der Waals surface area contributed by atoms with Crippen LogP contribution in [0.3, 0.4) is 0 Å². The number of rotatable bonds is 6. The maximum atomic E-state index is 12.9. The summed E-state index contributed by atoms with van der Waals surface area (Å²) in [6.07, 6.45) is 2.05. The summed E-state index contributed by atoms with van der Waals surface area (Å²) in [6.45, 7) is 4.64. The molecule has 2 aromatic carbocycles. The van der Waals surface area contributed by atoms with Crippen molar-refractivity contribution in [3.05, 3.63) is 60.2 Å². The smallest absolute Gasteiger partial charge is 0.227 e. The van der Waals surface area contributed by atoms with Gasteiger partial charge < -0.3 is 15.5 Å². The quantitative estimate of drug-likeness (QED) is 0.733. The van der Waals surface area contributed by atoms with Gasteiger partial charge in [0.2, 0.25) is 17.7 Å². The van der Waals surface area contributed by atoms with Gasteiger partial charge in [-0.15, -0.1) is 0 Å². The number of hydrogen-bond donors (Lipinski definition) is 2. The van der Waals surface area contributed by atoms with Crippen LogP contribution in [0.1, 0.15) is 31.7 Å². The van der Waals surface area contributed by atoms with Crippen molar-refractivity contribution < 1.29 is 14.4 Å². The molecule has 0 bridgehead atoms. The molecule has 1 atom stereocenters. The number of likely N-dealkylation sites (tertiary alicyclic amines) is 1. The number of nitrogens with one attached hydrogen (secondary N) is 2. The van der Waals surface area contributed by atoms with Crippen molar-refractivity contribution in [3.63, 3.8) is 0 Å². The van der Waals surface area contributed by atoms with E-state index in [9.17, 15) is 14.4 Å². The van der Waals surface area contributed by atoms with Crippen LogP contribution in [0.5, 0.6) is 0 Å². The first kappa shape index (κ1) is 22.0. The van der Waals surface area contributed by atoms with Crippen molar-refractivity contribution >= 4 is 29.1 Å². The summed E-state index contributed by atoms with van der Waals surface area (Å²) in [7, 11) is 0. The lowest BCUT2D eigenvalue weighted by Gasteiger charge is -2.32. The Morgan fingerprint density at radius 3 is 2.50 bits per heavy atom. The highest BCUT2D eigenvalue weighted by molar-refractivity contribution is 6.01. The molecule has 1 unspecified atom stereocenters. The van der Waals surface area contributed by atoms with Crippen molar-refractivity contribution in [2.24, 2.45) is 5.92 Å². The molecule has 2 aliphatic heterocycles. The summed E-state index contributed by atoms with van der Waals surface area (Å²) >= 11 is 0. The maximum Gasteiger partial charge on any atom is 0.227 e. The molecule has 0 spiro atoms. The van der Waals surface area contributed by atoms with Gasteiger partial charge in [0.25, 0.3) is 0 Å². The molecule has 0 aliphatic carbocycles. The number of amides is 3. The second kappa shape index (κ2) is 9.96. The predicted octanol–water partition coefficient (Wildman–Crippen LogP) is 2.78. The minimum atomic E-state index is -0.353. The van der Waals surface area contributed by atoms with Crippen LogP contribution in [0, 0.1) is 5.92 Å². The lowest BCUT2D eigenvalue weighted by molar-refractivity contribution is -0.127. The van der Waals surface area contributed by atoms with E-state index in [4.69, 9.17) is 0 Å². The minimum Gasteiger partial charge on any atom is -0.353 e. The lowest BCUT2D eigenvalue weighted by Crippen LogP contribution is -2.46. The zero-order chi connectivity index (χ0) is 22.5. The van der Waals surface area contributed by atoms with Gasteiger partial charge in [-0.25, -0.2) is 0 Å². The Kier molecular flexibility index (Phi) is 6.85. The third-order valence-corrected chi connectivity index (χ3v) is 6.16. The Bertz CT molecular complexity index is 970. The highest BCUT2D eigenvalue weighted by Gasteiger charge is 2.36. The molecule has 0 radical (unpaired) electrons. The van der Waals surface area contributed by atoms with Crippen molar-refractivity contribution in [2.75, 3.05) is 29.9 Å². The fourth-order valence-electron chi connectivity index (χ4n) is 4.48. The Hall–Kier alpha value is -3.19. The number of benzene rings is 2. The van der Waals surface area contributed by atoms with Gasteiger partial charge in [0.15, 0.2) is 0 Å².